The number of methoxy groups -OCH3 is 1. The fourth-order valence-electron chi connectivity index (χ4n) is 1.31. The number of carbonyl (C=O) groups excluding carboxylic acids is 1. The molecule has 0 radical (unpaired) electrons. The number of aromatic nitrogens is 3. The van der Waals surface area contributed by atoms with Crippen LogP contribution in [0, 0.1) is 0 Å². The molecular formula is C10H10BrN3O3. The van der Waals surface area contributed by atoms with E-state index < -0.39 is 12.1 Å². The van der Waals surface area contributed by atoms with E-state index >= 15 is 0 Å². The lowest BCUT2D eigenvalue weighted by Gasteiger charge is -2.11. The van der Waals surface area contributed by atoms with Crippen molar-refractivity contribution in [3.8, 4) is 5.75 Å². The van der Waals surface area contributed by atoms with Crippen LogP contribution < -0.4 is 4.74 Å². The lowest BCUT2D eigenvalue weighted by Crippen LogP contribution is -2.25. The molecule has 2 rings (SSSR count). The summed E-state index contributed by atoms with van der Waals surface area (Å²) in [4.78, 5) is 15.3. The Kier molecular flexibility index (Phi) is 3.28. The van der Waals surface area contributed by atoms with Gasteiger partial charge in [0, 0.05) is 0 Å². The second-order valence-electron chi connectivity index (χ2n) is 3.33. The van der Waals surface area contributed by atoms with E-state index in [0.29, 0.717) is 11.4 Å². The predicted molar refractivity (Wildman–Crippen MR) is 62.8 cm³/mol. The Morgan fingerprint density at radius 3 is 3.00 bits per heavy atom. The molecule has 0 amide bonds. The van der Waals surface area contributed by atoms with Crippen molar-refractivity contribution >= 4 is 27.5 Å². The molecule has 6 nitrogen and oxygen atoms in total. The minimum Gasteiger partial charge on any atom is -0.476 e. The van der Waals surface area contributed by atoms with Crippen molar-refractivity contribution < 1.29 is 14.3 Å². The van der Waals surface area contributed by atoms with E-state index in [2.05, 4.69) is 30.7 Å². The maximum absolute atomic E-state index is 11.2. The highest BCUT2D eigenvalue weighted by Gasteiger charge is 2.15. The van der Waals surface area contributed by atoms with Crippen LogP contribution in [0.2, 0.25) is 0 Å². The average molecular weight is 300 g/mol. The van der Waals surface area contributed by atoms with Gasteiger partial charge >= 0.3 is 5.97 Å². The number of nitrogens with zero attached hydrogens (tertiary/aromatic N) is 3. The Balaban J connectivity index is 2.22. The predicted octanol–water partition coefficient (Wildman–Crippen LogP) is 1.43. The van der Waals surface area contributed by atoms with Gasteiger partial charge in [0.05, 0.1) is 30.2 Å². The Bertz CT molecular complexity index is 555. The molecule has 0 fully saturated rings. The Morgan fingerprint density at radius 2 is 2.29 bits per heavy atom. The summed E-state index contributed by atoms with van der Waals surface area (Å²) in [5, 5.41) is 4.06. The smallest absolute Gasteiger partial charge is 0.346 e. The molecule has 90 valence electrons. The third-order valence-corrected chi connectivity index (χ3v) is 2.70. The Morgan fingerprint density at radius 1 is 1.53 bits per heavy atom. The molecule has 0 spiro atoms. The van der Waals surface area contributed by atoms with E-state index in [1.54, 1.807) is 23.8 Å². The molecule has 0 aromatic carbocycles. The van der Waals surface area contributed by atoms with E-state index in [1.807, 2.05) is 0 Å². The summed E-state index contributed by atoms with van der Waals surface area (Å²) in [5.41, 5.74) is 0.683. The van der Waals surface area contributed by atoms with Gasteiger partial charge in [0.1, 0.15) is 0 Å². The van der Waals surface area contributed by atoms with Crippen LogP contribution in [0.5, 0.6) is 5.75 Å². The average Bonchev–Trinajstić information content (AvgIpc) is 2.69. The first-order valence-corrected chi connectivity index (χ1v) is 5.64. The first-order chi connectivity index (χ1) is 8.11. The number of esters is 1. The minimum atomic E-state index is -0.682. The highest BCUT2D eigenvalue weighted by molar-refractivity contribution is 9.10. The van der Waals surface area contributed by atoms with Crippen LogP contribution >= 0.6 is 15.9 Å². The van der Waals surface area contributed by atoms with Crippen LogP contribution in [0.25, 0.3) is 5.65 Å². The zero-order chi connectivity index (χ0) is 12.4. The summed E-state index contributed by atoms with van der Waals surface area (Å²) < 4.78 is 12.3. The van der Waals surface area contributed by atoms with Crippen molar-refractivity contribution in [3.63, 3.8) is 0 Å². The Hall–Kier alpha value is -1.63. The lowest BCUT2D eigenvalue weighted by molar-refractivity contribution is -0.147. The van der Waals surface area contributed by atoms with Gasteiger partial charge in [0.25, 0.3) is 0 Å². The molecular weight excluding hydrogens is 290 g/mol. The van der Waals surface area contributed by atoms with Gasteiger partial charge in [-0.1, -0.05) is 0 Å². The van der Waals surface area contributed by atoms with Crippen LogP contribution in [0.15, 0.2) is 23.1 Å². The molecule has 0 aliphatic carbocycles. The summed E-state index contributed by atoms with van der Waals surface area (Å²) in [7, 11) is 1.31. The molecule has 0 N–H and O–H groups in total. The molecule has 0 aliphatic heterocycles. The van der Waals surface area contributed by atoms with Crippen LogP contribution in [-0.2, 0) is 9.53 Å². The van der Waals surface area contributed by atoms with Crippen molar-refractivity contribution in [1.29, 1.82) is 0 Å². The van der Waals surface area contributed by atoms with Gasteiger partial charge in [-0.15, -0.1) is 0 Å². The van der Waals surface area contributed by atoms with Gasteiger partial charge in [-0.05, 0) is 22.9 Å². The fourth-order valence-corrected chi connectivity index (χ4v) is 1.68. The highest BCUT2D eigenvalue weighted by atomic mass is 79.9. The van der Waals surface area contributed by atoms with Gasteiger partial charge in [-0.25, -0.2) is 14.3 Å². The molecule has 1 atom stereocenters. The number of hydrogen-bond donors (Lipinski definition) is 0. The van der Waals surface area contributed by atoms with Crippen LogP contribution in [-0.4, -0.2) is 33.8 Å². The lowest BCUT2D eigenvalue weighted by atomic mass is 10.4. The quantitative estimate of drug-likeness (QED) is 0.802. The minimum absolute atomic E-state index is 0.438. The SMILES string of the molecule is COC(=O)[C@H](C)Oc1cnc2c(Br)cnn2c1. The van der Waals surface area contributed by atoms with E-state index in [0.717, 1.165) is 4.47 Å². The Labute approximate surface area is 106 Å². The second-order valence-corrected chi connectivity index (χ2v) is 4.19. The number of carbonyl (C=O) groups is 1. The summed E-state index contributed by atoms with van der Waals surface area (Å²) in [5.74, 6) is 0.0118. The van der Waals surface area contributed by atoms with Gasteiger partial charge in [-0.3, -0.25) is 0 Å². The monoisotopic (exact) mass is 299 g/mol. The number of ether oxygens (including phenoxy) is 2. The van der Waals surface area contributed by atoms with E-state index in [4.69, 9.17) is 4.74 Å². The van der Waals surface area contributed by atoms with Crippen molar-refractivity contribution in [2.24, 2.45) is 0 Å². The molecule has 2 aromatic rings. The standard InChI is InChI=1S/C10H10BrN3O3/c1-6(10(15)16-2)17-7-3-12-9-8(11)4-13-14(9)5-7/h3-6H,1-2H3/t6-/m0/s1. The highest BCUT2D eigenvalue weighted by Crippen LogP contribution is 2.18. The molecule has 2 heterocycles. The largest absolute Gasteiger partial charge is 0.476 e. The van der Waals surface area contributed by atoms with E-state index in [-0.39, 0.29) is 0 Å². The first-order valence-electron chi connectivity index (χ1n) is 4.85. The van der Waals surface area contributed by atoms with Crippen LogP contribution in [0.1, 0.15) is 6.92 Å². The zero-order valence-corrected chi connectivity index (χ0v) is 10.8. The molecule has 7 heteroatoms. The third kappa shape index (κ3) is 2.38. The number of rotatable bonds is 3. The maximum atomic E-state index is 11.2. The molecule has 0 saturated heterocycles. The van der Waals surface area contributed by atoms with E-state index in [9.17, 15) is 4.79 Å². The van der Waals surface area contributed by atoms with Gasteiger partial charge in [0.2, 0.25) is 0 Å². The third-order valence-electron chi connectivity index (χ3n) is 2.14. The summed E-state index contributed by atoms with van der Waals surface area (Å²) in [6, 6.07) is 0. The number of fused-ring (bicyclic) bond motifs is 1. The molecule has 0 unspecified atom stereocenters. The van der Waals surface area contributed by atoms with E-state index in [1.165, 1.54) is 13.3 Å². The van der Waals surface area contributed by atoms with Crippen molar-refractivity contribution in [2.45, 2.75) is 13.0 Å². The van der Waals surface area contributed by atoms with Crippen LogP contribution in [0.4, 0.5) is 0 Å². The van der Waals surface area contributed by atoms with Crippen molar-refractivity contribution in [3.05, 3.63) is 23.1 Å². The topological polar surface area (TPSA) is 65.7 Å². The molecule has 0 aliphatic rings. The molecule has 2 aromatic heterocycles. The normalized spacial score (nSPS) is 12.4. The summed E-state index contributed by atoms with van der Waals surface area (Å²) in [6.07, 6.45) is 4.13. The molecule has 0 saturated carbocycles. The molecule has 17 heavy (non-hydrogen) atoms. The summed E-state index contributed by atoms with van der Waals surface area (Å²) in [6.45, 7) is 1.61. The molecule has 0 bridgehead atoms. The number of halogens is 1. The van der Waals surface area contributed by atoms with Gasteiger partial charge in [-0.2, -0.15) is 5.10 Å². The van der Waals surface area contributed by atoms with Crippen molar-refractivity contribution in [2.75, 3.05) is 7.11 Å². The fraction of sp³-hybridized carbons (Fsp3) is 0.300. The second kappa shape index (κ2) is 4.70. The summed E-state index contributed by atoms with van der Waals surface area (Å²) >= 11 is 3.32. The maximum Gasteiger partial charge on any atom is 0.346 e. The van der Waals surface area contributed by atoms with Crippen molar-refractivity contribution in [1.82, 2.24) is 14.6 Å². The van der Waals surface area contributed by atoms with Gasteiger partial charge < -0.3 is 9.47 Å². The zero-order valence-electron chi connectivity index (χ0n) is 9.25. The van der Waals surface area contributed by atoms with Crippen LogP contribution in [0.3, 0.4) is 0 Å². The first kappa shape index (κ1) is 11.8. The van der Waals surface area contributed by atoms with Gasteiger partial charge in [0.15, 0.2) is 17.5 Å². The number of hydrogen-bond acceptors (Lipinski definition) is 5.